The van der Waals surface area contributed by atoms with Crippen molar-refractivity contribution in [2.45, 2.75) is 13.8 Å². The first-order valence-electron chi connectivity index (χ1n) is 2.44. The molecule has 0 aromatic carbocycles. The highest BCUT2D eigenvalue weighted by Crippen LogP contribution is 2.17. The summed E-state index contributed by atoms with van der Waals surface area (Å²) < 4.78 is 0. The molecule has 0 aromatic heterocycles. The van der Waals surface area contributed by atoms with E-state index in [1.165, 1.54) is 0 Å². The smallest absolute Gasteiger partial charge is 0.309 e. The van der Waals surface area contributed by atoms with Crippen LogP contribution in [0.15, 0.2) is 0 Å². The van der Waals surface area contributed by atoms with Crippen LogP contribution in [0, 0.1) is 5.41 Å². The maximum atomic E-state index is 10.2. The summed E-state index contributed by atoms with van der Waals surface area (Å²) in [4.78, 5) is 10.2. The highest BCUT2D eigenvalue weighted by Gasteiger charge is 2.23. The topological polar surface area (TPSA) is 37.3 Å². The van der Waals surface area contributed by atoms with E-state index in [1.807, 2.05) is 0 Å². The van der Waals surface area contributed by atoms with E-state index < -0.39 is 11.4 Å². The number of carboxylic acids is 1. The zero-order chi connectivity index (χ0) is 6.78. The molecule has 0 rings (SSSR count). The van der Waals surface area contributed by atoms with Crippen molar-refractivity contribution in [1.82, 2.24) is 0 Å². The molecule has 0 aliphatic rings. The van der Waals surface area contributed by atoms with Gasteiger partial charge in [-0.25, -0.2) is 0 Å². The van der Waals surface area contributed by atoms with E-state index in [1.54, 1.807) is 13.8 Å². The van der Waals surface area contributed by atoms with Crippen LogP contribution in [0.4, 0.5) is 0 Å². The average Bonchev–Trinajstić information content (AvgIpc) is 1.67. The molecule has 0 amide bonds. The van der Waals surface area contributed by atoms with Crippen molar-refractivity contribution in [3.8, 4) is 0 Å². The van der Waals surface area contributed by atoms with Crippen LogP contribution in [-0.4, -0.2) is 17.2 Å². The minimum absolute atomic E-state index is 0.579. The molecule has 48 valence electrons. The zero-order valence-electron chi connectivity index (χ0n) is 5.14. The predicted octanol–water partition coefficient (Wildman–Crippen LogP) is 0.972. The van der Waals surface area contributed by atoms with E-state index in [0.29, 0.717) is 6.16 Å². The van der Waals surface area contributed by atoms with Gasteiger partial charge in [0.2, 0.25) is 0 Å². The second kappa shape index (κ2) is 2.45. The van der Waals surface area contributed by atoms with E-state index >= 15 is 0 Å². The minimum Gasteiger partial charge on any atom is -0.481 e. The van der Waals surface area contributed by atoms with Gasteiger partial charge in [-0.05, 0) is 20.0 Å². The first kappa shape index (κ1) is 7.90. The molecule has 1 N–H and O–H groups in total. The maximum absolute atomic E-state index is 10.2. The number of carboxylic acid groups (broad SMARTS) is 1. The molecule has 1 unspecified atom stereocenters. The molecular formula is C5H11O2P. The van der Waals surface area contributed by atoms with Crippen molar-refractivity contribution in [2.75, 3.05) is 6.16 Å². The molecule has 0 saturated heterocycles. The van der Waals surface area contributed by atoms with Crippen LogP contribution in [0.2, 0.25) is 0 Å². The second-order valence-corrected chi connectivity index (χ2v) is 2.80. The summed E-state index contributed by atoms with van der Waals surface area (Å²) in [7, 11) is 2.41. The highest BCUT2D eigenvalue weighted by atomic mass is 31.0. The van der Waals surface area contributed by atoms with Gasteiger partial charge in [-0.2, -0.15) is 0 Å². The molecule has 2 nitrogen and oxygen atoms in total. The third-order valence-electron chi connectivity index (χ3n) is 1.09. The molecule has 0 saturated carbocycles. The standard InChI is InChI=1S/C5H11O2P/c1-5(2,3-8)4(6)7/h3,8H2,1-2H3,(H,6,7). The summed E-state index contributed by atoms with van der Waals surface area (Å²) in [6, 6.07) is 0. The quantitative estimate of drug-likeness (QED) is 0.571. The Labute approximate surface area is 51.5 Å². The summed E-state index contributed by atoms with van der Waals surface area (Å²) in [5.41, 5.74) is -0.579. The summed E-state index contributed by atoms with van der Waals surface area (Å²) in [6.07, 6.45) is 0.600. The third-order valence-corrected chi connectivity index (χ3v) is 2.11. The van der Waals surface area contributed by atoms with Gasteiger partial charge in [0.25, 0.3) is 0 Å². The van der Waals surface area contributed by atoms with E-state index in [4.69, 9.17) is 5.11 Å². The SMILES string of the molecule is CC(C)(CP)C(=O)O. The van der Waals surface area contributed by atoms with Gasteiger partial charge in [0.1, 0.15) is 0 Å². The van der Waals surface area contributed by atoms with Gasteiger partial charge in [-0.1, -0.05) is 0 Å². The van der Waals surface area contributed by atoms with Crippen molar-refractivity contribution in [3.05, 3.63) is 0 Å². The molecule has 0 heterocycles. The van der Waals surface area contributed by atoms with Gasteiger partial charge < -0.3 is 5.11 Å². The Bertz CT molecular complexity index is 98.6. The lowest BCUT2D eigenvalue weighted by Crippen LogP contribution is -2.24. The summed E-state index contributed by atoms with van der Waals surface area (Å²) >= 11 is 0. The van der Waals surface area contributed by atoms with Crippen molar-refractivity contribution < 1.29 is 9.90 Å². The normalized spacial score (nSPS) is 11.4. The number of aliphatic carboxylic acids is 1. The van der Waals surface area contributed by atoms with Gasteiger partial charge in [-0.3, -0.25) is 4.79 Å². The van der Waals surface area contributed by atoms with E-state index in [0.717, 1.165) is 0 Å². The van der Waals surface area contributed by atoms with Crippen LogP contribution in [0.5, 0.6) is 0 Å². The third kappa shape index (κ3) is 1.79. The monoisotopic (exact) mass is 134 g/mol. The van der Waals surface area contributed by atoms with Crippen LogP contribution < -0.4 is 0 Å². The van der Waals surface area contributed by atoms with E-state index in [9.17, 15) is 4.79 Å². The Kier molecular flexibility index (Phi) is 2.42. The molecule has 0 spiro atoms. The van der Waals surface area contributed by atoms with Crippen LogP contribution >= 0.6 is 9.24 Å². The molecule has 0 aliphatic carbocycles. The molecule has 1 atom stereocenters. The lowest BCUT2D eigenvalue weighted by atomic mass is 9.97. The fourth-order valence-corrected chi connectivity index (χ4v) is 0.262. The van der Waals surface area contributed by atoms with Crippen LogP contribution in [0.3, 0.4) is 0 Å². The van der Waals surface area contributed by atoms with E-state index in [-0.39, 0.29) is 0 Å². The molecule has 0 radical (unpaired) electrons. The molecule has 0 fully saturated rings. The lowest BCUT2D eigenvalue weighted by molar-refractivity contribution is -0.145. The van der Waals surface area contributed by atoms with Crippen molar-refractivity contribution in [3.63, 3.8) is 0 Å². The first-order chi connectivity index (χ1) is 3.50. The second-order valence-electron chi connectivity index (χ2n) is 2.39. The van der Waals surface area contributed by atoms with Gasteiger partial charge >= 0.3 is 5.97 Å². The molecule has 0 aromatic rings. The molecular weight excluding hydrogens is 123 g/mol. The Morgan fingerprint density at radius 1 is 1.75 bits per heavy atom. The molecule has 0 bridgehead atoms. The number of hydrogen-bond acceptors (Lipinski definition) is 1. The number of hydrogen-bond donors (Lipinski definition) is 1. The van der Waals surface area contributed by atoms with Gasteiger partial charge in [-0.15, -0.1) is 9.24 Å². The lowest BCUT2D eigenvalue weighted by Gasteiger charge is -2.14. The van der Waals surface area contributed by atoms with Crippen molar-refractivity contribution in [1.29, 1.82) is 0 Å². The minimum atomic E-state index is -0.743. The fourth-order valence-electron chi connectivity index (χ4n) is 0.0873. The van der Waals surface area contributed by atoms with Gasteiger partial charge in [0, 0.05) is 0 Å². The largest absolute Gasteiger partial charge is 0.481 e. The average molecular weight is 134 g/mol. The molecule has 3 heteroatoms. The summed E-state index contributed by atoms with van der Waals surface area (Å²) in [6.45, 7) is 3.39. The van der Waals surface area contributed by atoms with Crippen LogP contribution in [0.25, 0.3) is 0 Å². The maximum Gasteiger partial charge on any atom is 0.309 e. The van der Waals surface area contributed by atoms with Crippen LogP contribution in [-0.2, 0) is 4.79 Å². The van der Waals surface area contributed by atoms with Crippen molar-refractivity contribution in [2.24, 2.45) is 5.41 Å². The van der Waals surface area contributed by atoms with Crippen LogP contribution in [0.1, 0.15) is 13.8 Å². The molecule has 8 heavy (non-hydrogen) atoms. The van der Waals surface area contributed by atoms with Gasteiger partial charge in [0.05, 0.1) is 5.41 Å². The first-order valence-corrected chi connectivity index (χ1v) is 3.26. The molecule has 0 aliphatic heterocycles. The predicted molar refractivity (Wildman–Crippen MR) is 36.0 cm³/mol. The number of rotatable bonds is 2. The summed E-state index contributed by atoms with van der Waals surface area (Å²) in [5, 5.41) is 8.43. The Hall–Kier alpha value is -0.100. The Morgan fingerprint density at radius 2 is 2.12 bits per heavy atom. The fraction of sp³-hybridized carbons (Fsp3) is 0.800. The van der Waals surface area contributed by atoms with Gasteiger partial charge in [0.15, 0.2) is 0 Å². The zero-order valence-corrected chi connectivity index (χ0v) is 6.29. The van der Waals surface area contributed by atoms with Crippen molar-refractivity contribution >= 4 is 15.2 Å². The van der Waals surface area contributed by atoms with E-state index in [2.05, 4.69) is 9.24 Å². The highest BCUT2D eigenvalue weighted by molar-refractivity contribution is 7.16. The number of carbonyl (C=O) groups is 1. The Morgan fingerprint density at radius 3 is 2.12 bits per heavy atom. The summed E-state index contributed by atoms with van der Waals surface area (Å²) in [5.74, 6) is -0.743. The Balaban J connectivity index is 3.91.